The molecule has 74 valence electrons. The van der Waals surface area contributed by atoms with Crippen molar-refractivity contribution in [1.82, 2.24) is 0 Å². The van der Waals surface area contributed by atoms with Gasteiger partial charge >= 0.3 is 0 Å². The van der Waals surface area contributed by atoms with Gasteiger partial charge in [0.2, 0.25) is 0 Å². The summed E-state index contributed by atoms with van der Waals surface area (Å²) in [5.74, 6) is -1.24. The van der Waals surface area contributed by atoms with E-state index in [4.69, 9.17) is 0 Å². The molecule has 0 radical (unpaired) electrons. The van der Waals surface area contributed by atoms with Crippen LogP contribution in [0.25, 0.3) is 0 Å². The van der Waals surface area contributed by atoms with E-state index in [0.717, 1.165) is 6.08 Å². The van der Waals surface area contributed by atoms with Crippen molar-refractivity contribution in [2.24, 2.45) is 4.99 Å². The van der Waals surface area contributed by atoms with Crippen LogP contribution in [0.1, 0.15) is 6.92 Å². The van der Waals surface area contributed by atoms with Gasteiger partial charge < -0.3 is 0 Å². The largest absolute Gasteiger partial charge is 0.288 e. The Kier molecular flexibility index (Phi) is 3.12. The Morgan fingerprint density at radius 1 is 1.43 bits per heavy atom. The minimum absolute atomic E-state index is 0.279. The van der Waals surface area contributed by atoms with E-state index >= 15 is 0 Å². The van der Waals surface area contributed by atoms with Gasteiger partial charge in [0.25, 0.3) is 0 Å². The molecule has 0 fully saturated rings. The molecule has 0 aromatic heterocycles. The number of hydrogen-bond acceptors (Lipinski definition) is 1. The van der Waals surface area contributed by atoms with E-state index in [-0.39, 0.29) is 5.57 Å². The van der Waals surface area contributed by atoms with Crippen molar-refractivity contribution >= 4 is 5.71 Å². The van der Waals surface area contributed by atoms with Crippen LogP contribution in [0.2, 0.25) is 0 Å². The van der Waals surface area contributed by atoms with Gasteiger partial charge in [-0.15, -0.1) is 0 Å². The number of aliphatic imine (C=N–C) groups is 1. The molecule has 1 rings (SSSR count). The third kappa shape index (κ3) is 2.25. The summed E-state index contributed by atoms with van der Waals surface area (Å²) >= 11 is 0. The number of rotatable bonds is 1. The average molecular weight is 195 g/mol. The molecule has 0 aliphatic heterocycles. The lowest BCUT2D eigenvalue weighted by Crippen LogP contribution is -2.05. The van der Waals surface area contributed by atoms with Gasteiger partial charge in [-0.05, 0) is 19.1 Å². The van der Waals surface area contributed by atoms with Gasteiger partial charge in [0.1, 0.15) is 11.7 Å². The predicted octanol–water partition coefficient (Wildman–Crippen LogP) is 3.28. The van der Waals surface area contributed by atoms with Crippen LogP contribution in [-0.4, -0.2) is 12.8 Å². The maximum atomic E-state index is 13.3. The zero-order chi connectivity index (χ0) is 10.7. The zero-order valence-electron chi connectivity index (χ0n) is 8.14. The van der Waals surface area contributed by atoms with Crippen LogP contribution in [0.3, 0.4) is 0 Å². The first-order valence-corrected chi connectivity index (χ1v) is 4.13. The Morgan fingerprint density at radius 2 is 2.07 bits per heavy atom. The summed E-state index contributed by atoms with van der Waals surface area (Å²) in [6.07, 6.45) is 3.57. The Bertz CT molecular complexity index is 384. The first-order chi connectivity index (χ1) is 6.54. The van der Waals surface area contributed by atoms with Crippen LogP contribution in [0.5, 0.6) is 0 Å². The maximum absolute atomic E-state index is 13.3. The van der Waals surface area contributed by atoms with Crippen LogP contribution in [0.15, 0.2) is 52.6 Å². The van der Waals surface area contributed by atoms with Crippen LogP contribution in [-0.2, 0) is 0 Å². The average Bonchev–Trinajstić information content (AvgIpc) is 2.08. The van der Waals surface area contributed by atoms with E-state index in [1.54, 1.807) is 6.92 Å². The molecule has 0 unspecified atom stereocenters. The fourth-order valence-electron chi connectivity index (χ4n) is 1.15. The van der Waals surface area contributed by atoms with E-state index in [2.05, 4.69) is 11.6 Å². The van der Waals surface area contributed by atoms with Crippen LogP contribution in [0.4, 0.5) is 8.78 Å². The zero-order valence-corrected chi connectivity index (χ0v) is 8.14. The molecule has 0 saturated heterocycles. The van der Waals surface area contributed by atoms with E-state index < -0.39 is 11.7 Å². The number of hydrogen-bond donors (Lipinski definition) is 0. The lowest BCUT2D eigenvalue weighted by molar-refractivity contribution is 0.623. The van der Waals surface area contributed by atoms with Crippen molar-refractivity contribution in [2.75, 3.05) is 7.05 Å². The molecule has 1 aliphatic carbocycles. The van der Waals surface area contributed by atoms with Gasteiger partial charge in [0, 0.05) is 18.7 Å². The highest BCUT2D eigenvalue weighted by molar-refractivity contribution is 6.12. The highest BCUT2D eigenvalue weighted by atomic mass is 19.1. The molecule has 0 atom stereocenters. The van der Waals surface area contributed by atoms with Crippen LogP contribution >= 0.6 is 0 Å². The van der Waals surface area contributed by atoms with Gasteiger partial charge in [0.05, 0.1) is 5.71 Å². The molecule has 14 heavy (non-hydrogen) atoms. The molecule has 0 heterocycles. The highest BCUT2D eigenvalue weighted by Crippen LogP contribution is 2.24. The van der Waals surface area contributed by atoms with Gasteiger partial charge in [-0.1, -0.05) is 12.2 Å². The summed E-state index contributed by atoms with van der Waals surface area (Å²) in [5, 5.41) is 0. The molecule has 0 N–H and O–H groups in total. The molecule has 0 aromatic rings. The Labute approximate surface area is 81.9 Å². The Balaban J connectivity index is 3.20. The van der Waals surface area contributed by atoms with Crippen molar-refractivity contribution in [3.05, 3.63) is 47.6 Å². The summed E-state index contributed by atoms with van der Waals surface area (Å²) < 4.78 is 26.1. The van der Waals surface area contributed by atoms with Gasteiger partial charge in [-0.3, -0.25) is 4.99 Å². The topological polar surface area (TPSA) is 12.4 Å². The van der Waals surface area contributed by atoms with Crippen LogP contribution in [0, 0.1) is 0 Å². The molecular weight excluding hydrogens is 184 g/mol. The second kappa shape index (κ2) is 4.13. The second-order valence-electron chi connectivity index (χ2n) is 3.03. The van der Waals surface area contributed by atoms with Crippen LogP contribution < -0.4 is 0 Å². The van der Waals surface area contributed by atoms with Crippen molar-refractivity contribution in [1.29, 1.82) is 0 Å². The number of nitrogens with zero attached hydrogens (tertiary/aromatic N) is 1. The van der Waals surface area contributed by atoms with E-state index in [1.165, 1.54) is 19.2 Å². The summed E-state index contributed by atoms with van der Waals surface area (Å²) in [6.45, 7) is 5.37. The van der Waals surface area contributed by atoms with Gasteiger partial charge in [-0.25, -0.2) is 8.78 Å². The molecule has 0 aromatic carbocycles. The molecule has 0 spiro atoms. The minimum Gasteiger partial charge on any atom is -0.288 e. The molecule has 1 aliphatic rings. The van der Waals surface area contributed by atoms with E-state index in [9.17, 15) is 8.78 Å². The summed E-state index contributed by atoms with van der Waals surface area (Å²) in [6, 6.07) is 0. The Morgan fingerprint density at radius 3 is 2.57 bits per heavy atom. The third-order valence-corrected chi connectivity index (χ3v) is 1.70. The van der Waals surface area contributed by atoms with E-state index in [1.807, 2.05) is 0 Å². The standard InChI is InChI=1S/C11H11F2N/c1-7(2)4-9-10(13)5-8(12)6-11(9)14-3/h4-6H,1H2,2-3H3/b9-4-,14-11?. The molecule has 0 bridgehead atoms. The third-order valence-electron chi connectivity index (χ3n) is 1.70. The molecule has 3 heteroatoms. The predicted molar refractivity (Wildman–Crippen MR) is 54.6 cm³/mol. The SMILES string of the molecule is C=C(C)/C=C1/C(F)=CC(F)=CC1=NC. The fourth-order valence-corrected chi connectivity index (χ4v) is 1.15. The van der Waals surface area contributed by atoms with Crippen molar-refractivity contribution in [2.45, 2.75) is 6.92 Å². The van der Waals surface area contributed by atoms with Gasteiger partial charge in [-0.2, -0.15) is 0 Å². The molecule has 0 amide bonds. The molecule has 0 saturated carbocycles. The smallest absolute Gasteiger partial charge is 0.135 e. The molecule has 1 nitrogen and oxygen atoms in total. The van der Waals surface area contributed by atoms with Crippen molar-refractivity contribution < 1.29 is 8.78 Å². The highest BCUT2D eigenvalue weighted by Gasteiger charge is 2.16. The fraction of sp³-hybridized carbons (Fsp3) is 0.182. The number of halogens is 2. The normalized spacial score (nSPS) is 22.3. The first-order valence-electron chi connectivity index (χ1n) is 4.13. The monoisotopic (exact) mass is 195 g/mol. The lowest BCUT2D eigenvalue weighted by atomic mass is 10.0. The lowest BCUT2D eigenvalue weighted by Gasteiger charge is -2.09. The summed E-state index contributed by atoms with van der Waals surface area (Å²) in [4.78, 5) is 3.79. The first kappa shape index (κ1) is 10.6. The van der Waals surface area contributed by atoms with Crippen molar-refractivity contribution in [3.63, 3.8) is 0 Å². The number of allylic oxidation sites excluding steroid dienone is 7. The van der Waals surface area contributed by atoms with E-state index in [0.29, 0.717) is 11.3 Å². The molecular formula is C11H11F2N. The summed E-state index contributed by atoms with van der Waals surface area (Å²) in [5.41, 5.74) is 1.27. The van der Waals surface area contributed by atoms with Gasteiger partial charge in [0.15, 0.2) is 0 Å². The van der Waals surface area contributed by atoms with Crippen molar-refractivity contribution in [3.8, 4) is 0 Å². The Hall–Kier alpha value is -1.51. The maximum Gasteiger partial charge on any atom is 0.135 e. The summed E-state index contributed by atoms with van der Waals surface area (Å²) in [7, 11) is 1.49. The quantitative estimate of drug-likeness (QED) is 0.608. The minimum atomic E-state index is -0.623. The second-order valence-corrected chi connectivity index (χ2v) is 3.03.